The van der Waals surface area contributed by atoms with Gasteiger partial charge >= 0.3 is 116 Å². The molecule has 1 N–H and O–H groups in total. The first-order valence-electron chi connectivity index (χ1n) is 5.50. The molecule has 0 saturated carbocycles. The van der Waals surface area contributed by atoms with Gasteiger partial charge in [-0.1, -0.05) is 0 Å². The summed E-state index contributed by atoms with van der Waals surface area (Å²) in [6, 6.07) is 15.6. The third-order valence-corrected chi connectivity index (χ3v) is 3.56. The number of nitrogens with zero attached hydrogens (tertiary/aromatic N) is 1. The van der Waals surface area contributed by atoms with E-state index >= 15 is 0 Å². The fourth-order valence-corrected chi connectivity index (χ4v) is 2.26. The van der Waals surface area contributed by atoms with Gasteiger partial charge in [0.1, 0.15) is 0 Å². The van der Waals surface area contributed by atoms with Gasteiger partial charge in [0.05, 0.1) is 0 Å². The molecule has 18 heavy (non-hydrogen) atoms. The molecule has 0 aliphatic carbocycles. The molecular weight excluding hydrogens is 278 g/mol. The fraction of sp³-hybridized carbons (Fsp3) is 0.0714. The number of anilines is 1. The molecule has 2 aromatic carbocycles. The summed E-state index contributed by atoms with van der Waals surface area (Å²) in [4.78, 5) is 0. The average molecular weight is 289 g/mol. The summed E-state index contributed by atoms with van der Waals surface area (Å²) in [5.41, 5.74) is 3.70. The predicted octanol–water partition coefficient (Wildman–Crippen LogP) is 3.11. The van der Waals surface area contributed by atoms with Crippen LogP contribution in [0.4, 0.5) is 5.69 Å². The van der Waals surface area contributed by atoms with Crippen molar-refractivity contribution in [2.75, 3.05) is 11.2 Å². The Kier molecular flexibility index (Phi) is 3.97. The topological polar surface area (TPSA) is 45.0 Å². The van der Waals surface area contributed by atoms with Gasteiger partial charge in [-0.2, -0.15) is 0 Å². The first-order chi connectivity index (χ1) is 8.78. The van der Waals surface area contributed by atoms with Crippen LogP contribution >= 0.6 is 0 Å². The summed E-state index contributed by atoms with van der Waals surface area (Å²) >= 11 is 0.990. The van der Waals surface area contributed by atoms with Gasteiger partial charge in [-0.3, -0.25) is 0 Å². The molecular formula is C14H11N2OZn. The number of hydrogen-bond acceptors (Lipinski definition) is 3. The number of benzene rings is 2. The minimum absolute atomic E-state index is 0.651. The molecule has 0 aliphatic heterocycles. The van der Waals surface area contributed by atoms with Gasteiger partial charge in [0, 0.05) is 0 Å². The second-order valence-electron chi connectivity index (χ2n) is 3.78. The molecule has 0 saturated heterocycles. The molecule has 0 fully saturated rings. The van der Waals surface area contributed by atoms with Crippen LogP contribution in [0.2, 0.25) is 0 Å². The van der Waals surface area contributed by atoms with Gasteiger partial charge in [-0.15, -0.1) is 0 Å². The Morgan fingerprint density at radius 3 is 2.72 bits per heavy atom. The van der Waals surface area contributed by atoms with Crippen molar-refractivity contribution >= 4 is 5.69 Å². The van der Waals surface area contributed by atoms with Crippen molar-refractivity contribution in [2.24, 2.45) is 0 Å². The van der Waals surface area contributed by atoms with Gasteiger partial charge in [0.2, 0.25) is 0 Å². The molecule has 0 spiro atoms. The Hall–Kier alpha value is -1.85. The zero-order valence-corrected chi connectivity index (χ0v) is 13.1. The number of nitrogens with one attached hydrogen (secondary N) is 1. The van der Waals surface area contributed by atoms with E-state index < -0.39 is 0 Å². The Balaban J connectivity index is 2.57. The summed E-state index contributed by atoms with van der Waals surface area (Å²) in [5.74, 6) is 0.809. The van der Waals surface area contributed by atoms with Crippen molar-refractivity contribution in [3.05, 3.63) is 48.0 Å². The van der Waals surface area contributed by atoms with Crippen molar-refractivity contribution in [2.45, 2.75) is 0 Å². The van der Waals surface area contributed by atoms with Crippen LogP contribution in [0.15, 0.2) is 42.5 Å². The summed E-state index contributed by atoms with van der Waals surface area (Å²) in [6.07, 6.45) is 0. The summed E-state index contributed by atoms with van der Waals surface area (Å²) < 4.78 is 8.59. The van der Waals surface area contributed by atoms with E-state index in [1.807, 2.05) is 36.4 Å². The van der Waals surface area contributed by atoms with E-state index in [1.54, 1.807) is 13.2 Å². The van der Waals surface area contributed by atoms with Gasteiger partial charge in [0.15, 0.2) is 0 Å². The monoisotopic (exact) mass is 287 g/mol. The van der Waals surface area contributed by atoms with E-state index in [-0.39, 0.29) is 0 Å². The van der Waals surface area contributed by atoms with E-state index in [9.17, 15) is 0 Å². The third-order valence-electron chi connectivity index (χ3n) is 2.71. The zero-order chi connectivity index (χ0) is 13.0. The summed E-state index contributed by atoms with van der Waals surface area (Å²) in [7, 11) is 1.65. The van der Waals surface area contributed by atoms with Gasteiger partial charge in [-0.25, -0.2) is 0 Å². The second-order valence-corrected chi connectivity index (χ2v) is 4.53. The zero-order valence-electron chi connectivity index (χ0n) is 10.1. The van der Waals surface area contributed by atoms with Crippen molar-refractivity contribution in [3.63, 3.8) is 0 Å². The molecule has 0 amide bonds. The van der Waals surface area contributed by atoms with Crippen molar-refractivity contribution in [1.82, 2.24) is 0 Å². The maximum atomic E-state index is 8.95. The average Bonchev–Trinajstić information content (AvgIpc) is 2.46. The van der Waals surface area contributed by atoms with Crippen molar-refractivity contribution in [1.29, 1.82) is 5.26 Å². The van der Waals surface area contributed by atoms with Gasteiger partial charge in [0.25, 0.3) is 0 Å². The molecule has 0 atom stereocenters. The number of hydrogen-bond donors (Lipinski definition) is 1. The molecule has 85 valence electrons. The van der Waals surface area contributed by atoms with Crippen molar-refractivity contribution < 1.29 is 23.3 Å². The normalized spacial score (nSPS) is 9.67. The molecule has 2 rings (SSSR count). The maximum absolute atomic E-state index is 8.95. The molecule has 0 unspecified atom stereocenters. The van der Waals surface area contributed by atoms with E-state index in [0.717, 1.165) is 41.1 Å². The standard InChI is InChI=1S/C14H11N2O.Zn/c1-17-14-6-5-12(16)8-13(14)11-4-2-3-10(7-11)9-15;/h2-8,16H,1H3;/q-1;+1. The second kappa shape index (κ2) is 5.66. The molecule has 0 radical (unpaired) electrons. The van der Waals surface area contributed by atoms with E-state index in [2.05, 4.69) is 10.1 Å². The molecule has 0 heterocycles. The summed E-state index contributed by atoms with van der Waals surface area (Å²) in [5, 5.41) is 8.95. The van der Waals surface area contributed by atoms with Crippen LogP contribution in [0.1, 0.15) is 5.56 Å². The minimum atomic E-state index is 0.651. The van der Waals surface area contributed by atoms with Crippen LogP contribution in [0.5, 0.6) is 5.75 Å². The Labute approximate surface area is 116 Å². The van der Waals surface area contributed by atoms with Gasteiger partial charge in [-0.05, 0) is 0 Å². The molecule has 0 aliphatic rings. The van der Waals surface area contributed by atoms with Crippen LogP contribution < -0.4 is 8.80 Å². The third kappa shape index (κ3) is 2.52. The van der Waals surface area contributed by atoms with Crippen LogP contribution in [0.3, 0.4) is 0 Å². The fourth-order valence-electron chi connectivity index (χ4n) is 1.80. The number of methoxy groups -OCH3 is 1. The summed E-state index contributed by atoms with van der Waals surface area (Å²) in [6.45, 7) is 0. The van der Waals surface area contributed by atoms with Gasteiger partial charge < -0.3 is 0 Å². The molecule has 0 bridgehead atoms. The molecule has 0 aromatic heterocycles. The Morgan fingerprint density at radius 2 is 2.06 bits per heavy atom. The predicted molar refractivity (Wildman–Crippen MR) is 66.8 cm³/mol. The first-order valence-corrected chi connectivity index (χ1v) is 6.98. The van der Waals surface area contributed by atoms with Crippen LogP contribution in [-0.2, 0) is 18.5 Å². The first kappa shape index (κ1) is 12.6. The Morgan fingerprint density at radius 1 is 1.22 bits per heavy atom. The number of rotatable bonds is 3. The number of nitriles is 1. The molecule has 4 heteroatoms. The quantitative estimate of drug-likeness (QED) is 0.883. The molecule has 2 aromatic rings. The number of ether oxygens (including phenoxy) is 1. The SMILES string of the molecule is COc1ccc([NH][Zn])cc1-c1cccc(C#N)c1. The van der Waals surface area contributed by atoms with Crippen LogP contribution in [0.25, 0.3) is 11.1 Å². The van der Waals surface area contributed by atoms with Crippen LogP contribution in [-0.4, -0.2) is 7.11 Å². The van der Waals surface area contributed by atoms with Crippen molar-refractivity contribution in [3.8, 4) is 22.9 Å². The van der Waals surface area contributed by atoms with E-state index in [4.69, 9.17) is 10.00 Å². The van der Waals surface area contributed by atoms with E-state index in [1.165, 1.54) is 0 Å². The Bertz CT molecular complexity index is 605. The van der Waals surface area contributed by atoms with Crippen LogP contribution in [0, 0.1) is 11.3 Å². The molecule has 3 nitrogen and oxygen atoms in total. The van der Waals surface area contributed by atoms with E-state index in [0.29, 0.717) is 5.56 Å².